The second-order valence-corrected chi connectivity index (χ2v) is 10.2. The van der Waals surface area contributed by atoms with Crippen molar-refractivity contribution in [2.24, 2.45) is 11.1 Å². The quantitative estimate of drug-likeness (QED) is 0.429. The van der Waals surface area contributed by atoms with E-state index in [9.17, 15) is 22.4 Å². The van der Waals surface area contributed by atoms with Crippen LogP contribution in [0.15, 0.2) is 24.4 Å². The zero-order valence-electron chi connectivity index (χ0n) is 20.9. The molecular weight excluding hydrogens is 498 g/mol. The number of halogens is 5. The lowest BCUT2D eigenvalue weighted by molar-refractivity contribution is -0.137. The largest absolute Gasteiger partial charge is 0.474 e. The normalized spacial score (nSPS) is 19.9. The van der Waals surface area contributed by atoms with Crippen LogP contribution in [0.4, 0.5) is 17.6 Å². The number of nitrogens with two attached hydrogens (primary N) is 1. The molecule has 2 aliphatic rings. The molecule has 2 heterocycles. The van der Waals surface area contributed by atoms with Gasteiger partial charge in [0, 0.05) is 31.1 Å². The summed E-state index contributed by atoms with van der Waals surface area (Å²) in [6, 6.07) is 3.81. The zero-order valence-corrected chi connectivity index (χ0v) is 21.6. The average Bonchev–Trinajstić information content (AvgIpc) is 3.62. The highest BCUT2D eigenvalue weighted by Crippen LogP contribution is 2.43. The Labute approximate surface area is 214 Å². The molecule has 1 aliphatic heterocycles. The van der Waals surface area contributed by atoms with E-state index in [-0.39, 0.29) is 17.5 Å². The van der Waals surface area contributed by atoms with Crippen molar-refractivity contribution in [3.63, 3.8) is 0 Å². The number of rotatable bonds is 6. The molecule has 1 saturated carbocycles. The van der Waals surface area contributed by atoms with Crippen molar-refractivity contribution < 1.29 is 27.1 Å². The second-order valence-electron chi connectivity index (χ2n) is 9.76. The van der Waals surface area contributed by atoms with Crippen LogP contribution >= 0.6 is 11.6 Å². The molecule has 5 nitrogen and oxygen atoms in total. The molecule has 1 aromatic heterocycles. The first-order valence-corrected chi connectivity index (χ1v) is 12.5. The van der Waals surface area contributed by atoms with Gasteiger partial charge in [0.2, 0.25) is 5.88 Å². The first kappa shape index (κ1) is 28.2. The lowest BCUT2D eigenvalue weighted by Crippen LogP contribution is -2.50. The lowest BCUT2D eigenvalue weighted by atomic mass is 9.80. The molecule has 1 amide bonds. The summed E-state index contributed by atoms with van der Waals surface area (Å²) in [4.78, 5) is 17.7. The van der Waals surface area contributed by atoms with E-state index in [0.717, 1.165) is 36.2 Å². The second kappa shape index (κ2) is 10.9. The summed E-state index contributed by atoms with van der Waals surface area (Å²) in [5, 5.41) is -0.477. The minimum Gasteiger partial charge on any atom is -0.474 e. The number of nitrogens with zero attached hydrogens (tertiary/aromatic N) is 2. The number of hydrogen-bond donors (Lipinski definition) is 1. The number of ether oxygens (including phenoxy) is 1. The molecule has 0 bridgehead atoms. The van der Waals surface area contributed by atoms with Crippen molar-refractivity contribution in [2.45, 2.75) is 71.7 Å². The van der Waals surface area contributed by atoms with E-state index in [1.165, 1.54) is 6.07 Å². The third-order valence-corrected chi connectivity index (χ3v) is 6.82. The number of primary amides is 1. The van der Waals surface area contributed by atoms with Gasteiger partial charge in [-0.25, -0.2) is 9.37 Å². The van der Waals surface area contributed by atoms with Crippen LogP contribution in [0.2, 0.25) is 5.02 Å². The van der Waals surface area contributed by atoms with E-state index in [0.29, 0.717) is 32.0 Å². The molecule has 10 heteroatoms. The number of likely N-dealkylation sites (tertiary alicyclic amines) is 1. The van der Waals surface area contributed by atoms with E-state index in [2.05, 4.69) is 9.88 Å². The molecule has 2 aromatic rings. The Morgan fingerprint density at radius 1 is 1.22 bits per heavy atom. The fourth-order valence-electron chi connectivity index (χ4n) is 4.62. The molecule has 1 saturated heterocycles. The van der Waals surface area contributed by atoms with E-state index >= 15 is 0 Å². The number of amides is 1. The number of carbonyl (C=O) groups excluding carboxylic acids is 1. The van der Waals surface area contributed by atoms with Gasteiger partial charge >= 0.3 is 6.18 Å². The van der Waals surface area contributed by atoms with Crippen LogP contribution in [-0.4, -0.2) is 35.0 Å². The van der Waals surface area contributed by atoms with Gasteiger partial charge in [0.15, 0.2) is 0 Å². The summed E-state index contributed by atoms with van der Waals surface area (Å²) < 4.78 is 59.9. The van der Waals surface area contributed by atoms with Gasteiger partial charge in [-0.1, -0.05) is 39.3 Å². The van der Waals surface area contributed by atoms with Gasteiger partial charge in [-0.05, 0) is 48.4 Å². The minimum absolute atomic E-state index is 0.0909. The Balaban J connectivity index is 0.00000176. The maximum Gasteiger partial charge on any atom is 0.418 e. The fraction of sp³-hybridized carbons (Fsp3) is 0.538. The molecule has 2 N–H and O–H groups in total. The number of piperidine rings is 1. The summed E-state index contributed by atoms with van der Waals surface area (Å²) in [6.45, 7) is 9.64. The molecule has 198 valence electrons. The molecule has 1 aliphatic carbocycles. The number of pyridine rings is 1. The van der Waals surface area contributed by atoms with E-state index < -0.39 is 33.9 Å². The van der Waals surface area contributed by atoms with Crippen molar-refractivity contribution in [3.8, 4) is 5.88 Å². The third-order valence-electron chi connectivity index (χ3n) is 6.51. The van der Waals surface area contributed by atoms with Crippen molar-refractivity contribution in [3.05, 3.63) is 57.5 Å². The Hall–Kier alpha value is -2.39. The molecule has 0 radical (unpaired) electrons. The fourth-order valence-corrected chi connectivity index (χ4v) is 4.83. The topological polar surface area (TPSA) is 68.5 Å². The molecular formula is C26H32ClF4N3O2. The van der Waals surface area contributed by atoms with Crippen molar-refractivity contribution in [1.82, 2.24) is 9.88 Å². The van der Waals surface area contributed by atoms with Crippen LogP contribution < -0.4 is 10.5 Å². The van der Waals surface area contributed by atoms with Crippen LogP contribution in [0.5, 0.6) is 5.88 Å². The lowest BCUT2D eigenvalue weighted by Gasteiger charge is -2.44. The van der Waals surface area contributed by atoms with Gasteiger partial charge in [-0.3, -0.25) is 9.69 Å². The van der Waals surface area contributed by atoms with Crippen molar-refractivity contribution in [2.75, 3.05) is 13.1 Å². The number of aromatic nitrogens is 1. The molecule has 1 unspecified atom stereocenters. The molecule has 0 spiro atoms. The van der Waals surface area contributed by atoms with Gasteiger partial charge < -0.3 is 10.5 Å². The maximum atomic E-state index is 14.5. The molecule has 2 fully saturated rings. The Bertz CT molecular complexity index is 1100. The van der Waals surface area contributed by atoms with Gasteiger partial charge in [-0.15, -0.1) is 0 Å². The number of benzene rings is 1. The molecule has 1 atom stereocenters. The van der Waals surface area contributed by atoms with Crippen LogP contribution in [-0.2, 0) is 12.7 Å². The summed E-state index contributed by atoms with van der Waals surface area (Å²) in [5.74, 6) is -1.22. The Morgan fingerprint density at radius 3 is 2.44 bits per heavy atom. The summed E-state index contributed by atoms with van der Waals surface area (Å²) >= 11 is 5.66. The Kier molecular flexibility index (Phi) is 8.55. The molecule has 4 rings (SSSR count). The number of hydrogen-bond acceptors (Lipinski definition) is 4. The van der Waals surface area contributed by atoms with Crippen LogP contribution in [0.3, 0.4) is 0 Å². The molecule has 36 heavy (non-hydrogen) atoms. The minimum atomic E-state index is -4.60. The van der Waals surface area contributed by atoms with Gasteiger partial charge in [0.25, 0.3) is 5.91 Å². The number of alkyl halides is 3. The van der Waals surface area contributed by atoms with Gasteiger partial charge in [-0.2, -0.15) is 13.2 Å². The van der Waals surface area contributed by atoms with Crippen molar-refractivity contribution >= 4 is 17.5 Å². The maximum absolute atomic E-state index is 14.5. The van der Waals surface area contributed by atoms with Crippen molar-refractivity contribution in [1.29, 1.82) is 0 Å². The van der Waals surface area contributed by atoms with Gasteiger partial charge in [0.05, 0.1) is 22.3 Å². The number of carbonyl (C=O) groups is 1. The summed E-state index contributed by atoms with van der Waals surface area (Å²) in [5.41, 5.74) is 5.61. The van der Waals surface area contributed by atoms with Crippen LogP contribution in [0.25, 0.3) is 0 Å². The van der Waals surface area contributed by atoms with E-state index in [1.54, 1.807) is 6.07 Å². The average molecular weight is 530 g/mol. The highest BCUT2D eigenvalue weighted by atomic mass is 35.5. The highest BCUT2D eigenvalue weighted by molar-refractivity contribution is 6.31. The molecule has 1 aromatic carbocycles. The zero-order chi connectivity index (χ0) is 26.8. The summed E-state index contributed by atoms with van der Waals surface area (Å²) in [7, 11) is 0. The first-order valence-electron chi connectivity index (χ1n) is 12.1. The van der Waals surface area contributed by atoms with Crippen LogP contribution in [0, 0.1) is 11.2 Å². The first-order chi connectivity index (χ1) is 16.8. The van der Waals surface area contributed by atoms with E-state index in [1.807, 2.05) is 27.7 Å². The predicted octanol–water partition coefficient (Wildman–Crippen LogP) is 6.57. The highest BCUT2D eigenvalue weighted by Gasteiger charge is 2.39. The third kappa shape index (κ3) is 6.48. The van der Waals surface area contributed by atoms with Gasteiger partial charge in [0.1, 0.15) is 11.9 Å². The smallest absolute Gasteiger partial charge is 0.418 e. The van der Waals surface area contributed by atoms with Crippen LogP contribution in [0.1, 0.15) is 79.9 Å². The monoisotopic (exact) mass is 529 g/mol. The summed E-state index contributed by atoms with van der Waals surface area (Å²) in [6.07, 6.45) is -1.48. The SMILES string of the molecule is CC.CC1(C)CN(Cc2cc(F)c(C(N)=O)cc2C2CC2)CCC1Oc1cc(C(F)(F)F)c(Cl)cn1. The predicted molar refractivity (Wildman–Crippen MR) is 131 cm³/mol. The van der Waals surface area contributed by atoms with E-state index in [4.69, 9.17) is 22.1 Å². The Morgan fingerprint density at radius 2 is 1.89 bits per heavy atom. The standard InChI is InChI=1S/C24H26ClF4N3O2.C2H6/c1-23(2)12-32(11-14-7-19(26)16(22(30)33)8-15(14)13-3-4-13)6-5-20(23)34-21-9-17(24(27,28)29)18(25)10-31-21;1-2/h7-10,13,20H,3-6,11-12H2,1-2H3,(H2,30,33);1-2H3.